The van der Waals surface area contributed by atoms with E-state index in [-0.39, 0.29) is 0 Å². The van der Waals surface area contributed by atoms with Crippen LogP contribution in [0.25, 0.3) is 0 Å². The lowest BCUT2D eigenvalue weighted by atomic mass is 10.2. The van der Waals surface area contributed by atoms with E-state index in [2.05, 4.69) is 53.1 Å². The van der Waals surface area contributed by atoms with Gasteiger partial charge in [-0.2, -0.15) is 10.2 Å². The van der Waals surface area contributed by atoms with E-state index in [4.69, 9.17) is 0 Å². The van der Waals surface area contributed by atoms with Crippen molar-refractivity contribution in [3.8, 4) is 0 Å². The zero-order valence-corrected chi connectivity index (χ0v) is 12.0. The van der Waals surface area contributed by atoms with Crippen LogP contribution in [0.3, 0.4) is 0 Å². The van der Waals surface area contributed by atoms with Crippen LogP contribution in [0.4, 0.5) is 0 Å². The van der Waals surface area contributed by atoms with E-state index in [9.17, 15) is 0 Å². The smallest absolute Gasteiger partial charge is 0.0525 e. The molecule has 0 spiro atoms. The summed E-state index contributed by atoms with van der Waals surface area (Å²) < 4.78 is 4.11. The van der Waals surface area contributed by atoms with Gasteiger partial charge in [-0.25, -0.2) is 0 Å². The Morgan fingerprint density at radius 1 is 1.11 bits per heavy atom. The van der Waals surface area contributed by atoms with Crippen molar-refractivity contribution in [2.24, 2.45) is 0 Å². The summed E-state index contributed by atoms with van der Waals surface area (Å²) in [6.45, 7) is 9.06. The maximum Gasteiger partial charge on any atom is 0.0525 e. The van der Waals surface area contributed by atoms with Crippen molar-refractivity contribution < 1.29 is 0 Å². The fourth-order valence-electron chi connectivity index (χ4n) is 2.17. The van der Waals surface area contributed by atoms with Crippen molar-refractivity contribution in [2.75, 3.05) is 0 Å². The lowest BCUT2D eigenvalue weighted by Gasteiger charge is -2.14. The van der Waals surface area contributed by atoms with Gasteiger partial charge in [0.1, 0.15) is 0 Å². The zero-order chi connectivity index (χ0) is 13.7. The predicted octanol–water partition coefficient (Wildman–Crippen LogP) is 2.36. The van der Waals surface area contributed by atoms with Crippen molar-refractivity contribution in [1.82, 2.24) is 24.9 Å². The number of hydrogen-bond acceptors (Lipinski definition) is 3. The zero-order valence-electron chi connectivity index (χ0n) is 12.0. The number of aryl methyl sites for hydroxylation is 1. The van der Waals surface area contributed by atoms with Gasteiger partial charge < -0.3 is 5.32 Å². The Balaban J connectivity index is 1.91. The fourth-order valence-corrected chi connectivity index (χ4v) is 2.17. The lowest BCUT2D eigenvalue weighted by Crippen LogP contribution is -2.19. The molecule has 0 fully saturated rings. The van der Waals surface area contributed by atoms with E-state index in [1.54, 1.807) is 0 Å². The summed E-state index contributed by atoms with van der Waals surface area (Å²) in [5.74, 6) is 0. The van der Waals surface area contributed by atoms with Gasteiger partial charge >= 0.3 is 0 Å². The minimum atomic E-state index is 0.452. The quantitative estimate of drug-likeness (QED) is 0.832. The highest BCUT2D eigenvalue weighted by molar-refractivity contribution is 5.03. The molecule has 0 saturated carbocycles. The molecule has 0 bridgehead atoms. The third-order valence-corrected chi connectivity index (χ3v) is 3.48. The molecular weight excluding hydrogens is 238 g/mol. The van der Waals surface area contributed by atoms with E-state index in [0.29, 0.717) is 6.04 Å². The molecule has 19 heavy (non-hydrogen) atoms. The first kappa shape index (κ1) is 13.8. The second-order valence-electron chi connectivity index (χ2n) is 4.77. The molecule has 5 nitrogen and oxygen atoms in total. The van der Waals surface area contributed by atoms with Crippen LogP contribution < -0.4 is 5.32 Å². The molecule has 0 unspecified atom stereocenters. The SMILES string of the molecule is CC[C@H](C)n1nccc1CNCc1ccnn1CC. The van der Waals surface area contributed by atoms with Crippen molar-refractivity contribution >= 4 is 0 Å². The van der Waals surface area contributed by atoms with Crippen LogP contribution in [0.1, 0.15) is 44.6 Å². The number of aromatic nitrogens is 4. The molecule has 0 aliphatic heterocycles. The first-order valence-corrected chi connectivity index (χ1v) is 7.00. The van der Waals surface area contributed by atoms with E-state index in [0.717, 1.165) is 26.1 Å². The molecule has 104 valence electrons. The molecule has 0 amide bonds. The third kappa shape index (κ3) is 3.23. The van der Waals surface area contributed by atoms with Gasteiger partial charge in [0, 0.05) is 38.1 Å². The standard InChI is InChI=1S/C14H23N5/c1-4-12(3)19-14(7-9-17-19)11-15-10-13-6-8-16-18(13)5-2/h6-9,12,15H,4-5,10-11H2,1-3H3/t12-/m0/s1. The van der Waals surface area contributed by atoms with Gasteiger partial charge in [0.2, 0.25) is 0 Å². The first-order chi connectivity index (χ1) is 9.26. The molecule has 2 aromatic heterocycles. The van der Waals surface area contributed by atoms with Crippen molar-refractivity contribution in [2.45, 2.75) is 52.9 Å². The average molecular weight is 261 g/mol. The number of nitrogens with one attached hydrogen (secondary N) is 1. The molecule has 2 rings (SSSR count). The van der Waals surface area contributed by atoms with Crippen molar-refractivity contribution in [1.29, 1.82) is 0 Å². The van der Waals surface area contributed by atoms with Crippen LogP contribution in [0.15, 0.2) is 24.5 Å². The Kier molecular flexibility index (Phi) is 4.74. The predicted molar refractivity (Wildman–Crippen MR) is 75.7 cm³/mol. The molecule has 1 atom stereocenters. The Morgan fingerprint density at radius 3 is 2.53 bits per heavy atom. The van der Waals surface area contributed by atoms with Gasteiger partial charge in [-0.1, -0.05) is 6.92 Å². The van der Waals surface area contributed by atoms with Gasteiger partial charge in [0.15, 0.2) is 0 Å². The summed E-state index contributed by atoms with van der Waals surface area (Å²) in [5.41, 5.74) is 2.45. The topological polar surface area (TPSA) is 47.7 Å². The molecule has 0 aliphatic carbocycles. The van der Waals surface area contributed by atoms with E-state index < -0.39 is 0 Å². The molecule has 1 N–H and O–H groups in total. The normalized spacial score (nSPS) is 12.8. The highest BCUT2D eigenvalue weighted by Gasteiger charge is 2.08. The highest BCUT2D eigenvalue weighted by atomic mass is 15.3. The van der Waals surface area contributed by atoms with E-state index in [1.165, 1.54) is 11.4 Å². The van der Waals surface area contributed by atoms with E-state index in [1.807, 2.05) is 17.1 Å². The summed E-state index contributed by atoms with van der Waals surface area (Å²) in [6, 6.07) is 4.59. The van der Waals surface area contributed by atoms with Gasteiger partial charge in [0.05, 0.1) is 11.4 Å². The maximum absolute atomic E-state index is 4.40. The van der Waals surface area contributed by atoms with Crippen LogP contribution in [0, 0.1) is 0 Å². The molecule has 2 aromatic rings. The summed E-state index contributed by atoms with van der Waals surface area (Å²) >= 11 is 0. The summed E-state index contributed by atoms with van der Waals surface area (Å²) in [5, 5.41) is 12.1. The molecule has 5 heteroatoms. The molecular formula is C14H23N5. The number of hydrogen-bond donors (Lipinski definition) is 1. The molecule has 0 aliphatic rings. The summed E-state index contributed by atoms with van der Waals surface area (Å²) in [4.78, 5) is 0. The molecule has 0 saturated heterocycles. The van der Waals surface area contributed by atoms with Crippen LogP contribution in [0.2, 0.25) is 0 Å². The van der Waals surface area contributed by atoms with Gasteiger partial charge in [-0.05, 0) is 32.4 Å². The summed E-state index contributed by atoms with van der Waals surface area (Å²) in [6.07, 6.45) is 4.82. The molecule has 2 heterocycles. The monoisotopic (exact) mass is 261 g/mol. The van der Waals surface area contributed by atoms with Crippen LogP contribution in [0.5, 0.6) is 0 Å². The van der Waals surface area contributed by atoms with Gasteiger partial charge in [-0.15, -0.1) is 0 Å². The molecule has 0 aromatic carbocycles. The largest absolute Gasteiger partial charge is 0.306 e. The lowest BCUT2D eigenvalue weighted by molar-refractivity contribution is 0.450. The van der Waals surface area contributed by atoms with Crippen LogP contribution >= 0.6 is 0 Å². The Bertz CT molecular complexity index is 499. The van der Waals surface area contributed by atoms with Crippen LogP contribution in [-0.2, 0) is 19.6 Å². The number of rotatable bonds is 7. The Hall–Kier alpha value is -1.62. The van der Waals surface area contributed by atoms with Crippen LogP contribution in [-0.4, -0.2) is 19.6 Å². The maximum atomic E-state index is 4.40. The number of nitrogens with zero attached hydrogens (tertiary/aromatic N) is 4. The minimum Gasteiger partial charge on any atom is -0.306 e. The first-order valence-electron chi connectivity index (χ1n) is 7.00. The van der Waals surface area contributed by atoms with Crippen molar-refractivity contribution in [3.05, 3.63) is 35.9 Å². The highest BCUT2D eigenvalue weighted by Crippen LogP contribution is 2.12. The van der Waals surface area contributed by atoms with Crippen molar-refractivity contribution in [3.63, 3.8) is 0 Å². The Morgan fingerprint density at radius 2 is 1.79 bits per heavy atom. The molecule has 0 radical (unpaired) electrons. The third-order valence-electron chi connectivity index (χ3n) is 3.48. The Labute approximate surface area is 114 Å². The van der Waals surface area contributed by atoms with E-state index >= 15 is 0 Å². The average Bonchev–Trinajstić information content (AvgIpc) is 3.06. The summed E-state index contributed by atoms with van der Waals surface area (Å²) in [7, 11) is 0. The fraction of sp³-hybridized carbons (Fsp3) is 0.571. The van der Waals surface area contributed by atoms with Gasteiger partial charge in [-0.3, -0.25) is 9.36 Å². The van der Waals surface area contributed by atoms with Gasteiger partial charge in [0.25, 0.3) is 0 Å². The minimum absolute atomic E-state index is 0.452. The second-order valence-corrected chi connectivity index (χ2v) is 4.77. The second kappa shape index (κ2) is 6.52.